The lowest BCUT2D eigenvalue weighted by Gasteiger charge is -2.09. The van der Waals surface area contributed by atoms with Crippen LogP contribution in [-0.2, 0) is 6.54 Å². The monoisotopic (exact) mass is 299 g/mol. The van der Waals surface area contributed by atoms with Crippen LogP contribution in [0.5, 0.6) is 0 Å². The third-order valence-corrected chi connectivity index (χ3v) is 3.50. The van der Waals surface area contributed by atoms with Crippen molar-refractivity contribution in [2.75, 3.05) is 5.32 Å². The molecule has 1 heterocycles. The van der Waals surface area contributed by atoms with Crippen LogP contribution in [0.15, 0.2) is 17.5 Å². The van der Waals surface area contributed by atoms with Gasteiger partial charge in [0.25, 0.3) is 0 Å². The van der Waals surface area contributed by atoms with Gasteiger partial charge in [0, 0.05) is 10.9 Å². The maximum absolute atomic E-state index is 13.7. The predicted octanol–water partition coefficient (Wildman–Crippen LogP) is 2.98. The minimum absolute atomic E-state index is 0.0422. The van der Waals surface area contributed by atoms with Gasteiger partial charge in [-0.1, -0.05) is 12.2 Å². The van der Waals surface area contributed by atoms with Gasteiger partial charge in [0.05, 0.1) is 17.2 Å². The second-order valence-electron chi connectivity index (χ2n) is 3.89. The maximum atomic E-state index is 13.7. The van der Waals surface area contributed by atoms with E-state index in [1.54, 1.807) is 0 Å². The van der Waals surface area contributed by atoms with Crippen molar-refractivity contribution in [2.45, 2.75) is 13.5 Å². The molecule has 2 aromatic rings. The highest BCUT2D eigenvalue weighted by Crippen LogP contribution is 2.22. The van der Waals surface area contributed by atoms with Crippen LogP contribution in [0.4, 0.5) is 14.5 Å². The molecule has 0 amide bonds. The molecule has 7 heteroatoms. The van der Waals surface area contributed by atoms with Crippen LogP contribution in [0.3, 0.4) is 0 Å². The molecule has 0 unspecified atom stereocenters. The summed E-state index contributed by atoms with van der Waals surface area (Å²) in [6.45, 7) is 2.12. The molecule has 0 saturated heterocycles. The average molecular weight is 299 g/mol. The van der Waals surface area contributed by atoms with Crippen LogP contribution in [0.25, 0.3) is 0 Å². The van der Waals surface area contributed by atoms with E-state index in [1.807, 2.05) is 12.3 Å². The van der Waals surface area contributed by atoms with Crippen molar-refractivity contribution in [2.24, 2.45) is 5.73 Å². The molecule has 19 heavy (non-hydrogen) atoms. The summed E-state index contributed by atoms with van der Waals surface area (Å²) in [7, 11) is 0. The minimum Gasteiger partial charge on any atom is -0.389 e. The Hall–Kier alpha value is -1.60. The third-order valence-electron chi connectivity index (χ3n) is 2.44. The Morgan fingerprint density at radius 1 is 1.42 bits per heavy atom. The number of nitrogens with one attached hydrogen (secondary N) is 1. The number of rotatable bonds is 4. The average Bonchev–Trinajstić information content (AvgIpc) is 2.73. The molecule has 3 nitrogen and oxygen atoms in total. The van der Waals surface area contributed by atoms with Gasteiger partial charge in [0.15, 0.2) is 0 Å². The Morgan fingerprint density at radius 2 is 2.05 bits per heavy atom. The van der Waals surface area contributed by atoms with E-state index < -0.39 is 11.6 Å². The molecule has 100 valence electrons. The summed E-state index contributed by atoms with van der Waals surface area (Å²) in [5.74, 6) is -1.45. The highest BCUT2D eigenvalue weighted by atomic mass is 32.1. The summed E-state index contributed by atoms with van der Waals surface area (Å²) in [5.41, 5.74) is 6.04. The van der Waals surface area contributed by atoms with E-state index in [9.17, 15) is 8.78 Å². The first kappa shape index (κ1) is 13.8. The molecule has 1 aromatic heterocycles. The van der Waals surface area contributed by atoms with Gasteiger partial charge in [-0.15, -0.1) is 11.3 Å². The molecule has 1 aromatic carbocycles. The number of benzene rings is 1. The van der Waals surface area contributed by atoms with Crippen LogP contribution < -0.4 is 11.1 Å². The van der Waals surface area contributed by atoms with Crippen molar-refractivity contribution in [3.63, 3.8) is 0 Å². The fraction of sp³-hybridized carbons (Fsp3) is 0.167. The third kappa shape index (κ3) is 3.24. The predicted molar refractivity (Wildman–Crippen MR) is 76.4 cm³/mol. The zero-order valence-electron chi connectivity index (χ0n) is 10.0. The summed E-state index contributed by atoms with van der Waals surface area (Å²) < 4.78 is 27.5. The molecular formula is C12H11F2N3S2. The molecule has 0 radical (unpaired) electrons. The van der Waals surface area contributed by atoms with E-state index in [0.29, 0.717) is 0 Å². The Bertz CT molecular complexity index is 602. The highest BCUT2D eigenvalue weighted by molar-refractivity contribution is 7.80. The summed E-state index contributed by atoms with van der Waals surface area (Å²) >= 11 is 6.17. The number of anilines is 1. The first-order valence-corrected chi connectivity index (χ1v) is 6.70. The quantitative estimate of drug-likeness (QED) is 0.852. The van der Waals surface area contributed by atoms with E-state index in [4.69, 9.17) is 5.73 Å². The molecule has 0 aliphatic rings. The van der Waals surface area contributed by atoms with Gasteiger partial charge in [-0.25, -0.2) is 13.8 Å². The number of hydrogen-bond donors (Lipinski definition) is 2. The summed E-state index contributed by atoms with van der Waals surface area (Å²) in [6.07, 6.45) is 0. The van der Waals surface area contributed by atoms with Crippen LogP contribution in [0.2, 0.25) is 0 Å². The first-order valence-electron chi connectivity index (χ1n) is 5.41. The van der Waals surface area contributed by atoms with E-state index in [-0.39, 0.29) is 22.8 Å². The van der Waals surface area contributed by atoms with E-state index >= 15 is 0 Å². The zero-order valence-corrected chi connectivity index (χ0v) is 11.7. The van der Waals surface area contributed by atoms with Gasteiger partial charge < -0.3 is 11.1 Å². The molecule has 0 atom stereocenters. The van der Waals surface area contributed by atoms with E-state index in [1.165, 1.54) is 11.3 Å². The number of nitrogens with two attached hydrogens (primary N) is 1. The topological polar surface area (TPSA) is 50.9 Å². The Labute approximate surface area is 118 Å². The minimum atomic E-state index is -0.727. The van der Waals surface area contributed by atoms with Gasteiger partial charge >= 0.3 is 0 Å². The second kappa shape index (κ2) is 5.58. The molecule has 0 aliphatic heterocycles. The van der Waals surface area contributed by atoms with Crippen molar-refractivity contribution in [3.05, 3.63) is 45.4 Å². The lowest BCUT2D eigenvalue weighted by molar-refractivity contribution is 0.587. The van der Waals surface area contributed by atoms with Gasteiger partial charge in [0.1, 0.15) is 22.3 Å². The second-order valence-corrected chi connectivity index (χ2v) is 5.39. The number of aryl methyl sites for hydroxylation is 1. The maximum Gasteiger partial charge on any atom is 0.150 e. The van der Waals surface area contributed by atoms with Crippen molar-refractivity contribution >= 4 is 34.2 Å². The lowest BCUT2D eigenvalue weighted by Crippen LogP contribution is -2.12. The van der Waals surface area contributed by atoms with Crippen molar-refractivity contribution in [1.29, 1.82) is 0 Å². The Morgan fingerprint density at radius 3 is 2.53 bits per heavy atom. The molecule has 0 bridgehead atoms. The highest BCUT2D eigenvalue weighted by Gasteiger charge is 2.12. The number of aromatic nitrogens is 1. The summed E-state index contributed by atoms with van der Waals surface area (Å²) in [4.78, 5) is 4.16. The SMILES string of the molecule is Cc1nc(CNc2c(F)cc(C(N)=S)cc2F)cs1. The number of nitrogens with zero attached hydrogens (tertiary/aromatic N) is 1. The van der Waals surface area contributed by atoms with Crippen LogP contribution in [-0.4, -0.2) is 9.97 Å². The van der Waals surface area contributed by atoms with Crippen LogP contribution >= 0.6 is 23.6 Å². The molecule has 2 rings (SSSR count). The van der Waals surface area contributed by atoms with Crippen LogP contribution in [0.1, 0.15) is 16.3 Å². The summed E-state index contributed by atoms with van der Waals surface area (Å²) in [5, 5.41) is 5.43. The van der Waals surface area contributed by atoms with Gasteiger partial charge in [0.2, 0.25) is 0 Å². The number of thiocarbonyl (C=S) groups is 1. The molecule has 0 fully saturated rings. The largest absolute Gasteiger partial charge is 0.389 e. The van der Waals surface area contributed by atoms with Crippen molar-refractivity contribution in [3.8, 4) is 0 Å². The van der Waals surface area contributed by atoms with Crippen molar-refractivity contribution in [1.82, 2.24) is 4.98 Å². The van der Waals surface area contributed by atoms with Gasteiger partial charge in [-0.05, 0) is 19.1 Å². The van der Waals surface area contributed by atoms with E-state index in [2.05, 4.69) is 22.5 Å². The van der Waals surface area contributed by atoms with E-state index in [0.717, 1.165) is 22.8 Å². The standard InChI is InChI=1S/C12H11F2N3S2/c1-6-17-8(5-19-6)4-16-11-9(13)2-7(12(15)18)3-10(11)14/h2-3,5,16H,4H2,1H3,(H2,15,18). The Kier molecular flexibility index (Phi) is 4.06. The molecule has 0 aliphatic carbocycles. The van der Waals surface area contributed by atoms with Crippen LogP contribution in [0, 0.1) is 18.6 Å². The molecule has 0 saturated carbocycles. The molecule has 3 N–H and O–H groups in total. The number of halogens is 2. The Balaban J connectivity index is 2.18. The van der Waals surface area contributed by atoms with Gasteiger partial charge in [-0.2, -0.15) is 0 Å². The van der Waals surface area contributed by atoms with Gasteiger partial charge in [-0.3, -0.25) is 0 Å². The normalized spacial score (nSPS) is 10.5. The smallest absolute Gasteiger partial charge is 0.150 e. The number of hydrogen-bond acceptors (Lipinski definition) is 4. The fourth-order valence-electron chi connectivity index (χ4n) is 1.55. The molecular weight excluding hydrogens is 288 g/mol. The number of thiazole rings is 1. The lowest BCUT2D eigenvalue weighted by atomic mass is 10.2. The summed E-state index contributed by atoms with van der Waals surface area (Å²) in [6, 6.07) is 2.22. The zero-order chi connectivity index (χ0) is 14.0. The van der Waals surface area contributed by atoms with Crippen molar-refractivity contribution < 1.29 is 8.78 Å². The fourth-order valence-corrected chi connectivity index (χ4v) is 2.28. The molecule has 0 spiro atoms. The first-order chi connectivity index (χ1) is 8.97.